The number of Topliss-reactive ketones (excluding diaryl/α,β-unsaturated/α-hetero) is 1. The van der Waals surface area contributed by atoms with Gasteiger partial charge in [0.05, 0.1) is 23.8 Å². The lowest BCUT2D eigenvalue weighted by Crippen LogP contribution is -2.27. The molecule has 0 saturated heterocycles. The number of hydrogen-bond donors (Lipinski definition) is 0. The largest absolute Gasteiger partial charge is 0.495 e. The van der Waals surface area contributed by atoms with Crippen LogP contribution >= 0.6 is 0 Å². The molecule has 3 rings (SSSR count). The zero-order valence-electron chi connectivity index (χ0n) is 15.2. The maximum Gasteiger partial charge on any atom is 0.416 e. The van der Waals surface area contributed by atoms with Gasteiger partial charge in [-0.2, -0.15) is 13.2 Å². The molecule has 0 N–H and O–H groups in total. The number of ketones is 1. The first-order valence-electron chi connectivity index (χ1n) is 8.40. The van der Waals surface area contributed by atoms with Gasteiger partial charge in [-0.05, 0) is 49.8 Å². The van der Waals surface area contributed by atoms with Gasteiger partial charge in [-0.3, -0.25) is 4.79 Å². The SMILES string of the molecule is COc1c(C(=O)Cc2ccccc2C(F)(F)F)ccc2c1C=CC(C)(C)O2. The number of alkyl halides is 3. The molecule has 27 heavy (non-hydrogen) atoms. The van der Waals surface area contributed by atoms with E-state index in [-0.39, 0.29) is 17.5 Å². The van der Waals surface area contributed by atoms with Crippen molar-refractivity contribution in [2.75, 3.05) is 7.11 Å². The number of benzene rings is 2. The fourth-order valence-corrected chi connectivity index (χ4v) is 3.09. The molecule has 0 radical (unpaired) electrons. The fraction of sp³-hybridized carbons (Fsp3) is 0.286. The van der Waals surface area contributed by atoms with Crippen molar-refractivity contribution in [2.24, 2.45) is 0 Å². The van der Waals surface area contributed by atoms with Crippen LogP contribution in [0.15, 0.2) is 42.5 Å². The number of methoxy groups -OCH3 is 1. The summed E-state index contributed by atoms with van der Waals surface area (Å²) in [5.74, 6) is 0.407. The van der Waals surface area contributed by atoms with Crippen molar-refractivity contribution in [3.8, 4) is 11.5 Å². The van der Waals surface area contributed by atoms with Crippen molar-refractivity contribution in [2.45, 2.75) is 32.0 Å². The zero-order chi connectivity index (χ0) is 19.8. The maximum absolute atomic E-state index is 13.2. The van der Waals surface area contributed by atoms with E-state index in [2.05, 4.69) is 0 Å². The van der Waals surface area contributed by atoms with Crippen LogP contribution < -0.4 is 9.47 Å². The first-order chi connectivity index (χ1) is 12.6. The van der Waals surface area contributed by atoms with E-state index in [1.54, 1.807) is 12.1 Å². The Morgan fingerprint density at radius 3 is 2.52 bits per heavy atom. The third-order valence-corrected chi connectivity index (χ3v) is 4.36. The second-order valence-corrected chi connectivity index (χ2v) is 6.85. The summed E-state index contributed by atoms with van der Waals surface area (Å²) in [5.41, 5.74) is -0.536. The minimum absolute atomic E-state index is 0.0669. The molecule has 0 unspecified atom stereocenters. The molecule has 1 heterocycles. The summed E-state index contributed by atoms with van der Waals surface area (Å²) < 4.78 is 50.8. The molecule has 0 amide bonds. The van der Waals surface area contributed by atoms with Gasteiger partial charge in [-0.1, -0.05) is 18.2 Å². The van der Waals surface area contributed by atoms with E-state index < -0.39 is 23.1 Å². The molecule has 0 atom stereocenters. The minimum Gasteiger partial charge on any atom is -0.495 e. The molecule has 1 aliphatic rings. The molecule has 6 heteroatoms. The Bertz CT molecular complexity index is 911. The summed E-state index contributed by atoms with van der Waals surface area (Å²) in [6.07, 6.45) is -1.25. The van der Waals surface area contributed by atoms with E-state index in [1.165, 1.54) is 31.4 Å². The first kappa shape index (κ1) is 19.0. The lowest BCUT2D eigenvalue weighted by molar-refractivity contribution is -0.138. The Morgan fingerprint density at radius 2 is 1.85 bits per heavy atom. The second-order valence-electron chi connectivity index (χ2n) is 6.85. The highest BCUT2D eigenvalue weighted by molar-refractivity contribution is 6.01. The normalized spacial score (nSPS) is 15.0. The second kappa shape index (κ2) is 6.76. The average molecular weight is 376 g/mol. The molecule has 3 nitrogen and oxygen atoms in total. The standard InChI is InChI=1S/C21H19F3O3/c1-20(2)11-10-15-18(27-20)9-8-14(19(15)26-3)17(25)12-13-6-4-5-7-16(13)21(22,23)24/h4-11H,12H2,1-3H3. The number of fused-ring (bicyclic) bond motifs is 1. The molecule has 0 fully saturated rings. The molecule has 2 aromatic carbocycles. The predicted molar refractivity (Wildman–Crippen MR) is 96.2 cm³/mol. The van der Waals surface area contributed by atoms with E-state index in [0.29, 0.717) is 17.1 Å². The van der Waals surface area contributed by atoms with Crippen molar-refractivity contribution in [3.63, 3.8) is 0 Å². The van der Waals surface area contributed by atoms with Crippen LogP contribution in [0.4, 0.5) is 13.2 Å². The van der Waals surface area contributed by atoms with Crippen LogP contribution in [0.5, 0.6) is 11.5 Å². The molecule has 142 valence electrons. The Balaban J connectivity index is 1.98. The summed E-state index contributed by atoms with van der Waals surface area (Å²) >= 11 is 0. The van der Waals surface area contributed by atoms with Crippen molar-refractivity contribution < 1.29 is 27.4 Å². The Kier molecular flexibility index (Phi) is 4.76. The molecule has 0 aliphatic carbocycles. The van der Waals surface area contributed by atoms with Crippen LogP contribution in [0.25, 0.3) is 6.08 Å². The molecular weight excluding hydrogens is 357 g/mol. The fourth-order valence-electron chi connectivity index (χ4n) is 3.09. The number of ether oxygens (including phenoxy) is 2. The van der Waals surface area contributed by atoms with Gasteiger partial charge in [0, 0.05) is 6.42 Å². The van der Waals surface area contributed by atoms with Gasteiger partial charge in [0.25, 0.3) is 0 Å². The summed E-state index contributed by atoms with van der Waals surface area (Å²) in [5, 5.41) is 0. The Morgan fingerprint density at radius 1 is 1.15 bits per heavy atom. The van der Waals surface area contributed by atoms with Crippen LogP contribution in [0, 0.1) is 0 Å². The first-order valence-corrected chi connectivity index (χ1v) is 8.40. The monoisotopic (exact) mass is 376 g/mol. The number of halogens is 3. The molecular formula is C21H19F3O3. The smallest absolute Gasteiger partial charge is 0.416 e. The molecule has 0 bridgehead atoms. The van der Waals surface area contributed by atoms with E-state index >= 15 is 0 Å². The third-order valence-electron chi connectivity index (χ3n) is 4.36. The van der Waals surface area contributed by atoms with E-state index in [4.69, 9.17) is 9.47 Å². The average Bonchev–Trinajstić information content (AvgIpc) is 2.59. The van der Waals surface area contributed by atoms with Gasteiger partial charge < -0.3 is 9.47 Å². The van der Waals surface area contributed by atoms with Gasteiger partial charge in [0.1, 0.15) is 17.1 Å². The predicted octanol–water partition coefficient (Wildman–Crippen LogP) is 5.32. The Hall–Kier alpha value is -2.76. The molecule has 0 aromatic heterocycles. The molecule has 0 spiro atoms. The zero-order valence-corrected chi connectivity index (χ0v) is 15.2. The number of carbonyl (C=O) groups excluding carboxylic acids is 1. The van der Waals surface area contributed by atoms with Gasteiger partial charge in [0.2, 0.25) is 0 Å². The summed E-state index contributed by atoms with van der Waals surface area (Å²) in [7, 11) is 1.42. The number of rotatable bonds is 4. The van der Waals surface area contributed by atoms with Gasteiger partial charge in [-0.15, -0.1) is 0 Å². The van der Waals surface area contributed by atoms with E-state index in [0.717, 1.165) is 6.07 Å². The quantitative estimate of drug-likeness (QED) is 0.677. The number of hydrogen-bond acceptors (Lipinski definition) is 3. The van der Waals surface area contributed by atoms with Crippen molar-refractivity contribution in [1.82, 2.24) is 0 Å². The van der Waals surface area contributed by atoms with Gasteiger partial charge in [-0.25, -0.2) is 0 Å². The van der Waals surface area contributed by atoms with Crippen LogP contribution in [-0.4, -0.2) is 18.5 Å². The summed E-state index contributed by atoms with van der Waals surface area (Å²) in [6, 6.07) is 8.26. The van der Waals surface area contributed by atoms with Gasteiger partial charge in [0.15, 0.2) is 5.78 Å². The number of carbonyl (C=O) groups is 1. The Labute approximate surface area is 155 Å². The van der Waals surface area contributed by atoms with Crippen molar-refractivity contribution in [3.05, 3.63) is 64.7 Å². The lowest BCUT2D eigenvalue weighted by Gasteiger charge is -2.29. The highest BCUT2D eigenvalue weighted by Gasteiger charge is 2.34. The highest BCUT2D eigenvalue weighted by atomic mass is 19.4. The van der Waals surface area contributed by atoms with Crippen molar-refractivity contribution >= 4 is 11.9 Å². The molecule has 0 saturated carbocycles. The van der Waals surface area contributed by atoms with Crippen LogP contribution in [0.3, 0.4) is 0 Å². The topological polar surface area (TPSA) is 35.5 Å². The maximum atomic E-state index is 13.2. The van der Waals surface area contributed by atoms with Crippen LogP contribution in [0.1, 0.15) is 40.9 Å². The summed E-state index contributed by atoms with van der Waals surface area (Å²) in [4.78, 5) is 12.8. The highest BCUT2D eigenvalue weighted by Crippen LogP contribution is 2.40. The van der Waals surface area contributed by atoms with Crippen molar-refractivity contribution in [1.29, 1.82) is 0 Å². The lowest BCUT2D eigenvalue weighted by atomic mass is 9.94. The summed E-state index contributed by atoms with van der Waals surface area (Å²) in [6.45, 7) is 3.79. The molecule has 2 aromatic rings. The van der Waals surface area contributed by atoms with E-state index in [1.807, 2.05) is 19.9 Å². The van der Waals surface area contributed by atoms with Gasteiger partial charge >= 0.3 is 6.18 Å². The molecule has 1 aliphatic heterocycles. The van der Waals surface area contributed by atoms with Crippen LogP contribution in [-0.2, 0) is 12.6 Å². The van der Waals surface area contributed by atoms with E-state index in [9.17, 15) is 18.0 Å². The third kappa shape index (κ3) is 3.84. The van der Waals surface area contributed by atoms with Crippen LogP contribution in [0.2, 0.25) is 0 Å². The minimum atomic E-state index is -4.51.